The molecule has 132 valence electrons. The molecule has 2 aromatic carbocycles. The average molecular weight is 347 g/mol. The highest BCUT2D eigenvalue weighted by Crippen LogP contribution is 2.24. The van der Waals surface area contributed by atoms with Crippen molar-refractivity contribution in [3.63, 3.8) is 0 Å². The van der Waals surface area contributed by atoms with Gasteiger partial charge in [-0.25, -0.2) is 4.68 Å². The summed E-state index contributed by atoms with van der Waals surface area (Å²) in [6.45, 7) is 1.53. The summed E-state index contributed by atoms with van der Waals surface area (Å²) in [5.41, 5.74) is 1.45. The van der Waals surface area contributed by atoms with Crippen LogP contribution >= 0.6 is 0 Å². The van der Waals surface area contributed by atoms with E-state index in [2.05, 4.69) is 5.10 Å². The Bertz CT molecular complexity index is 989. The van der Waals surface area contributed by atoms with Crippen molar-refractivity contribution in [2.75, 3.05) is 13.1 Å². The molecule has 1 aliphatic rings. The molecule has 0 spiro atoms. The molecule has 0 aliphatic carbocycles. The number of piperidine rings is 1. The van der Waals surface area contributed by atoms with Gasteiger partial charge in [0.05, 0.1) is 11.1 Å². The molecule has 1 saturated heterocycles. The lowest BCUT2D eigenvalue weighted by Gasteiger charge is -2.26. The van der Waals surface area contributed by atoms with Crippen molar-refractivity contribution in [3.05, 3.63) is 65.0 Å². The zero-order valence-corrected chi connectivity index (χ0v) is 14.6. The van der Waals surface area contributed by atoms with Crippen LogP contribution in [0.5, 0.6) is 0 Å². The molecule has 0 N–H and O–H groups in total. The van der Waals surface area contributed by atoms with Gasteiger partial charge < -0.3 is 4.90 Å². The maximum atomic E-state index is 12.9. The second kappa shape index (κ2) is 7.12. The van der Waals surface area contributed by atoms with Gasteiger partial charge in [-0.1, -0.05) is 48.5 Å². The Morgan fingerprint density at radius 2 is 1.54 bits per heavy atom. The van der Waals surface area contributed by atoms with Gasteiger partial charge in [0.2, 0.25) is 5.91 Å². The number of carbonyl (C=O) groups is 1. The van der Waals surface area contributed by atoms with Crippen molar-refractivity contribution in [3.8, 4) is 11.3 Å². The van der Waals surface area contributed by atoms with Crippen LogP contribution in [0, 0.1) is 0 Å². The number of carbonyl (C=O) groups excluding carboxylic acids is 1. The lowest BCUT2D eigenvalue weighted by atomic mass is 10.1. The van der Waals surface area contributed by atoms with Crippen LogP contribution in [-0.4, -0.2) is 33.7 Å². The topological polar surface area (TPSA) is 55.2 Å². The van der Waals surface area contributed by atoms with Crippen LogP contribution in [0.2, 0.25) is 0 Å². The van der Waals surface area contributed by atoms with E-state index in [1.807, 2.05) is 53.4 Å². The third kappa shape index (κ3) is 3.12. The van der Waals surface area contributed by atoms with E-state index in [1.54, 1.807) is 6.07 Å². The summed E-state index contributed by atoms with van der Waals surface area (Å²) in [4.78, 5) is 27.3. The van der Waals surface area contributed by atoms with Gasteiger partial charge in [-0.05, 0) is 25.3 Å². The Labute approximate surface area is 151 Å². The number of likely N-dealkylation sites (tertiary alicyclic amines) is 1. The van der Waals surface area contributed by atoms with Crippen molar-refractivity contribution in [1.29, 1.82) is 0 Å². The maximum absolute atomic E-state index is 12.9. The molecule has 4 rings (SSSR count). The van der Waals surface area contributed by atoms with E-state index in [-0.39, 0.29) is 18.0 Å². The van der Waals surface area contributed by atoms with Crippen molar-refractivity contribution in [1.82, 2.24) is 14.7 Å². The first kappa shape index (κ1) is 16.5. The first-order valence-corrected chi connectivity index (χ1v) is 9.07. The van der Waals surface area contributed by atoms with Crippen LogP contribution in [0.1, 0.15) is 19.3 Å². The predicted octanol–water partition coefficient (Wildman–Crippen LogP) is 3.08. The number of benzene rings is 2. The molecule has 2 heterocycles. The van der Waals surface area contributed by atoms with E-state index in [0.717, 1.165) is 49.0 Å². The van der Waals surface area contributed by atoms with Gasteiger partial charge in [0.1, 0.15) is 6.54 Å². The highest BCUT2D eigenvalue weighted by atomic mass is 16.2. The largest absolute Gasteiger partial charge is 0.341 e. The molecule has 26 heavy (non-hydrogen) atoms. The number of fused-ring (bicyclic) bond motifs is 1. The monoisotopic (exact) mass is 347 g/mol. The first-order valence-electron chi connectivity index (χ1n) is 9.07. The van der Waals surface area contributed by atoms with Crippen LogP contribution in [0.25, 0.3) is 22.0 Å². The molecule has 5 nitrogen and oxygen atoms in total. The standard InChI is InChI=1S/C21H21N3O2/c25-19(23-13-7-2-8-14-23)15-24-21(26)18-12-6-5-11-17(18)20(22-24)16-9-3-1-4-10-16/h1,3-6,9-12H,2,7-8,13-15H2. The van der Waals surface area contributed by atoms with E-state index in [9.17, 15) is 9.59 Å². The number of hydrogen-bond donors (Lipinski definition) is 0. The van der Waals surface area contributed by atoms with E-state index in [0.29, 0.717) is 5.39 Å². The molecule has 0 radical (unpaired) electrons. The maximum Gasteiger partial charge on any atom is 0.275 e. The number of nitrogens with zero attached hydrogens (tertiary/aromatic N) is 3. The van der Waals surface area contributed by atoms with Crippen LogP contribution in [-0.2, 0) is 11.3 Å². The molecule has 1 fully saturated rings. The fraction of sp³-hybridized carbons (Fsp3) is 0.286. The van der Waals surface area contributed by atoms with E-state index < -0.39 is 0 Å². The molecular weight excluding hydrogens is 326 g/mol. The zero-order valence-electron chi connectivity index (χ0n) is 14.6. The Hall–Kier alpha value is -2.95. The van der Waals surface area contributed by atoms with Crippen LogP contribution < -0.4 is 5.56 Å². The molecule has 0 unspecified atom stereocenters. The summed E-state index contributed by atoms with van der Waals surface area (Å²) in [7, 11) is 0. The molecule has 1 aromatic heterocycles. The molecular formula is C21H21N3O2. The fourth-order valence-electron chi connectivity index (χ4n) is 3.52. The summed E-state index contributed by atoms with van der Waals surface area (Å²) in [5, 5.41) is 5.96. The Kier molecular flexibility index (Phi) is 4.52. The summed E-state index contributed by atoms with van der Waals surface area (Å²) in [6, 6.07) is 17.2. The van der Waals surface area contributed by atoms with Crippen molar-refractivity contribution in [2.24, 2.45) is 0 Å². The predicted molar refractivity (Wildman–Crippen MR) is 102 cm³/mol. The molecule has 3 aromatic rings. The lowest BCUT2D eigenvalue weighted by molar-refractivity contribution is -0.133. The van der Waals surface area contributed by atoms with Crippen LogP contribution in [0.4, 0.5) is 0 Å². The van der Waals surface area contributed by atoms with Gasteiger partial charge in [0.25, 0.3) is 5.56 Å². The number of rotatable bonds is 3. The van der Waals surface area contributed by atoms with Gasteiger partial charge in [-0.3, -0.25) is 9.59 Å². The number of aromatic nitrogens is 2. The molecule has 0 saturated carbocycles. The highest BCUT2D eigenvalue weighted by Gasteiger charge is 2.19. The van der Waals surface area contributed by atoms with Crippen molar-refractivity contribution < 1.29 is 4.79 Å². The van der Waals surface area contributed by atoms with Gasteiger partial charge in [-0.15, -0.1) is 0 Å². The molecule has 1 amide bonds. The van der Waals surface area contributed by atoms with Crippen LogP contribution in [0.3, 0.4) is 0 Å². The molecule has 0 atom stereocenters. The third-order valence-corrected chi connectivity index (χ3v) is 4.91. The quantitative estimate of drug-likeness (QED) is 0.732. The third-order valence-electron chi connectivity index (χ3n) is 4.91. The van der Waals surface area contributed by atoms with Gasteiger partial charge in [0, 0.05) is 24.0 Å². The van der Waals surface area contributed by atoms with E-state index in [1.165, 1.54) is 4.68 Å². The van der Waals surface area contributed by atoms with E-state index >= 15 is 0 Å². The normalized spacial score (nSPS) is 14.5. The number of amides is 1. The smallest absolute Gasteiger partial charge is 0.275 e. The minimum absolute atomic E-state index is 0.0104. The Balaban J connectivity index is 1.79. The van der Waals surface area contributed by atoms with Gasteiger partial charge in [0.15, 0.2) is 0 Å². The highest BCUT2D eigenvalue weighted by molar-refractivity contribution is 5.93. The second-order valence-electron chi connectivity index (χ2n) is 6.66. The summed E-state index contributed by atoms with van der Waals surface area (Å²) >= 11 is 0. The molecule has 0 bridgehead atoms. The van der Waals surface area contributed by atoms with Crippen molar-refractivity contribution in [2.45, 2.75) is 25.8 Å². The molecule has 5 heteroatoms. The van der Waals surface area contributed by atoms with E-state index in [4.69, 9.17) is 0 Å². The fourth-order valence-corrected chi connectivity index (χ4v) is 3.52. The summed E-state index contributed by atoms with van der Waals surface area (Å²) < 4.78 is 1.32. The van der Waals surface area contributed by atoms with Crippen LogP contribution in [0.15, 0.2) is 59.4 Å². The summed E-state index contributed by atoms with van der Waals surface area (Å²) in [5.74, 6) is -0.0337. The Morgan fingerprint density at radius 1 is 0.885 bits per heavy atom. The SMILES string of the molecule is O=C(Cn1nc(-c2ccccc2)c2ccccc2c1=O)N1CCCCC1. The summed E-state index contributed by atoms with van der Waals surface area (Å²) in [6.07, 6.45) is 3.22. The number of hydrogen-bond acceptors (Lipinski definition) is 3. The Morgan fingerprint density at radius 3 is 2.27 bits per heavy atom. The lowest BCUT2D eigenvalue weighted by Crippen LogP contribution is -2.40. The van der Waals surface area contributed by atoms with Crippen molar-refractivity contribution >= 4 is 16.7 Å². The van der Waals surface area contributed by atoms with Gasteiger partial charge in [-0.2, -0.15) is 5.10 Å². The average Bonchev–Trinajstić information content (AvgIpc) is 2.71. The first-order chi connectivity index (χ1) is 12.7. The zero-order chi connectivity index (χ0) is 17.9. The van der Waals surface area contributed by atoms with Gasteiger partial charge >= 0.3 is 0 Å². The minimum atomic E-state index is -0.217. The minimum Gasteiger partial charge on any atom is -0.341 e. The molecule has 1 aliphatic heterocycles. The second-order valence-corrected chi connectivity index (χ2v) is 6.66.